The van der Waals surface area contributed by atoms with Crippen LogP contribution in [-0.2, 0) is 14.3 Å². The molecule has 0 amide bonds. The first-order valence-corrected chi connectivity index (χ1v) is 8.42. The number of ketones is 1. The number of ether oxygens (including phenoxy) is 3. The van der Waals surface area contributed by atoms with E-state index in [0.717, 1.165) is 5.56 Å². The molecule has 4 atom stereocenters. The monoisotopic (exact) mass is 344 g/mol. The summed E-state index contributed by atoms with van der Waals surface area (Å²) in [5, 5.41) is 9.82. The standard InChI is InChI=1S/C20H24O5/c1-5-6-14-11-20(24-4)12(2)19(25-18(20)10-16(14)22)13-7-8-15(21)17(9-13)23-3/h5,7-10,12,14,19,21H,1,6,11H2,2-4H3/t12-,14?,19+,20?/m1/s1. The molecule has 1 fully saturated rings. The summed E-state index contributed by atoms with van der Waals surface area (Å²) in [4.78, 5) is 12.4. The molecular formula is C20H24O5. The molecule has 1 N–H and O–H groups in total. The van der Waals surface area contributed by atoms with Gasteiger partial charge in [-0.15, -0.1) is 6.58 Å². The summed E-state index contributed by atoms with van der Waals surface area (Å²) in [5.74, 6) is 0.975. The number of allylic oxidation sites excluding steroid dienone is 2. The Balaban J connectivity index is 1.99. The van der Waals surface area contributed by atoms with Gasteiger partial charge in [-0.25, -0.2) is 0 Å². The van der Waals surface area contributed by atoms with Crippen molar-refractivity contribution in [1.82, 2.24) is 0 Å². The van der Waals surface area contributed by atoms with Crippen molar-refractivity contribution in [3.05, 3.63) is 48.3 Å². The van der Waals surface area contributed by atoms with Crippen LogP contribution in [0.2, 0.25) is 0 Å². The molecule has 1 aromatic rings. The molecule has 3 rings (SSSR count). The minimum Gasteiger partial charge on any atom is -0.504 e. The highest BCUT2D eigenvalue weighted by Crippen LogP contribution is 2.54. The summed E-state index contributed by atoms with van der Waals surface area (Å²) in [6, 6.07) is 5.16. The Kier molecular flexibility index (Phi) is 4.60. The van der Waals surface area contributed by atoms with Crippen LogP contribution in [0.1, 0.15) is 31.4 Å². The van der Waals surface area contributed by atoms with Gasteiger partial charge in [0.2, 0.25) is 0 Å². The van der Waals surface area contributed by atoms with Gasteiger partial charge in [0.1, 0.15) is 17.5 Å². The maximum absolute atomic E-state index is 12.4. The van der Waals surface area contributed by atoms with Crippen LogP contribution in [0.4, 0.5) is 0 Å². The van der Waals surface area contributed by atoms with E-state index in [-0.39, 0.29) is 29.5 Å². The van der Waals surface area contributed by atoms with Gasteiger partial charge in [0.15, 0.2) is 17.3 Å². The number of hydrogen-bond acceptors (Lipinski definition) is 5. The van der Waals surface area contributed by atoms with Crippen molar-refractivity contribution in [3.8, 4) is 11.5 Å². The van der Waals surface area contributed by atoms with E-state index in [1.165, 1.54) is 7.11 Å². The quantitative estimate of drug-likeness (QED) is 0.828. The lowest BCUT2D eigenvalue weighted by atomic mass is 9.72. The lowest BCUT2D eigenvalue weighted by Gasteiger charge is -2.36. The molecule has 0 aromatic heterocycles. The van der Waals surface area contributed by atoms with Crippen LogP contribution in [0, 0.1) is 11.8 Å². The maximum atomic E-state index is 12.4. The van der Waals surface area contributed by atoms with Gasteiger partial charge in [0.25, 0.3) is 0 Å². The number of carbonyl (C=O) groups excluding carboxylic acids is 1. The van der Waals surface area contributed by atoms with Gasteiger partial charge in [-0.2, -0.15) is 0 Å². The van der Waals surface area contributed by atoms with Crippen molar-refractivity contribution < 1.29 is 24.1 Å². The number of aromatic hydroxyl groups is 1. The Morgan fingerprint density at radius 3 is 2.84 bits per heavy atom. The SMILES string of the molecule is C=CCC1CC2(OC)C(=CC1=O)O[C@H](c1ccc(O)c(OC)c1)[C@H]2C. The number of methoxy groups -OCH3 is 2. The van der Waals surface area contributed by atoms with Crippen molar-refractivity contribution in [2.45, 2.75) is 31.5 Å². The van der Waals surface area contributed by atoms with Crippen molar-refractivity contribution in [2.24, 2.45) is 11.8 Å². The number of rotatable bonds is 5. The number of benzene rings is 1. The van der Waals surface area contributed by atoms with Gasteiger partial charge in [0.05, 0.1) is 7.11 Å². The zero-order chi connectivity index (χ0) is 18.2. The van der Waals surface area contributed by atoms with Crippen LogP contribution in [0.3, 0.4) is 0 Å². The molecule has 1 aliphatic carbocycles. The van der Waals surface area contributed by atoms with Gasteiger partial charge >= 0.3 is 0 Å². The predicted octanol–water partition coefficient (Wildman–Crippen LogP) is 3.54. The van der Waals surface area contributed by atoms with E-state index in [1.54, 1.807) is 31.4 Å². The molecule has 0 radical (unpaired) electrons. The zero-order valence-corrected chi connectivity index (χ0v) is 14.8. The molecule has 0 spiro atoms. The smallest absolute Gasteiger partial charge is 0.162 e. The number of phenolic OH excluding ortho intramolecular Hbond substituents is 1. The summed E-state index contributed by atoms with van der Waals surface area (Å²) >= 11 is 0. The van der Waals surface area contributed by atoms with E-state index in [1.807, 2.05) is 6.07 Å². The summed E-state index contributed by atoms with van der Waals surface area (Å²) in [5.41, 5.74) is 0.249. The van der Waals surface area contributed by atoms with Gasteiger partial charge in [-0.05, 0) is 30.5 Å². The van der Waals surface area contributed by atoms with Crippen LogP contribution in [0.25, 0.3) is 0 Å². The Morgan fingerprint density at radius 2 is 2.20 bits per heavy atom. The van der Waals surface area contributed by atoms with E-state index in [2.05, 4.69) is 13.5 Å². The second kappa shape index (κ2) is 6.56. The molecule has 5 nitrogen and oxygen atoms in total. The third-order valence-electron chi connectivity index (χ3n) is 5.43. The van der Waals surface area contributed by atoms with E-state index >= 15 is 0 Å². The Hall–Kier alpha value is -2.27. The van der Waals surface area contributed by atoms with E-state index in [4.69, 9.17) is 14.2 Å². The Bertz CT molecular complexity index is 723. The number of phenols is 1. The van der Waals surface area contributed by atoms with Gasteiger partial charge in [0, 0.05) is 25.0 Å². The minimum atomic E-state index is -0.628. The summed E-state index contributed by atoms with van der Waals surface area (Å²) in [6.45, 7) is 5.81. The first-order chi connectivity index (χ1) is 12.0. The molecule has 2 aliphatic rings. The third-order valence-corrected chi connectivity index (χ3v) is 5.43. The third kappa shape index (κ3) is 2.72. The van der Waals surface area contributed by atoms with Crippen LogP contribution in [-0.4, -0.2) is 30.7 Å². The molecule has 0 saturated carbocycles. The molecule has 1 heterocycles. The van der Waals surface area contributed by atoms with Gasteiger partial charge in [-0.1, -0.05) is 19.1 Å². The second-order valence-corrected chi connectivity index (χ2v) is 6.69. The fourth-order valence-corrected chi connectivity index (χ4v) is 3.96. The lowest BCUT2D eigenvalue weighted by molar-refractivity contribution is -0.123. The molecule has 1 aromatic carbocycles. The van der Waals surface area contributed by atoms with Gasteiger partial charge < -0.3 is 19.3 Å². The molecular weight excluding hydrogens is 320 g/mol. The summed E-state index contributed by atoms with van der Waals surface area (Å²) < 4.78 is 17.3. The fourth-order valence-electron chi connectivity index (χ4n) is 3.96. The first-order valence-electron chi connectivity index (χ1n) is 8.42. The second-order valence-electron chi connectivity index (χ2n) is 6.69. The normalized spacial score (nSPS) is 31.1. The Labute approximate surface area is 147 Å². The number of carbonyl (C=O) groups is 1. The van der Waals surface area contributed by atoms with Crippen LogP contribution < -0.4 is 4.74 Å². The average Bonchev–Trinajstić information content (AvgIpc) is 2.89. The zero-order valence-electron chi connectivity index (χ0n) is 14.8. The molecule has 2 unspecified atom stereocenters. The molecule has 0 bridgehead atoms. The average molecular weight is 344 g/mol. The molecule has 25 heavy (non-hydrogen) atoms. The van der Waals surface area contributed by atoms with E-state index in [0.29, 0.717) is 24.4 Å². The van der Waals surface area contributed by atoms with Crippen molar-refractivity contribution >= 4 is 5.78 Å². The summed E-state index contributed by atoms with van der Waals surface area (Å²) in [7, 11) is 3.17. The Morgan fingerprint density at radius 1 is 1.44 bits per heavy atom. The van der Waals surface area contributed by atoms with Crippen LogP contribution >= 0.6 is 0 Å². The van der Waals surface area contributed by atoms with E-state index < -0.39 is 5.60 Å². The van der Waals surface area contributed by atoms with Crippen molar-refractivity contribution in [2.75, 3.05) is 14.2 Å². The highest BCUT2D eigenvalue weighted by Gasteiger charge is 2.56. The molecule has 134 valence electrons. The predicted molar refractivity (Wildman–Crippen MR) is 93.4 cm³/mol. The van der Waals surface area contributed by atoms with Crippen molar-refractivity contribution in [1.29, 1.82) is 0 Å². The number of hydrogen-bond donors (Lipinski definition) is 1. The fraction of sp³-hybridized carbons (Fsp3) is 0.450. The number of fused-ring (bicyclic) bond motifs is 1. The molecule has 1 saturated heterocycles. The highest BCUT2D eigenvalue weighted by atomic mass is 16.6. The molecule has 1 aliphatic heterocycles. The largest absolute Gasteiger partial charge is 0.504 e. The van der Waals surface area contributed by atoms with Crippen LogP contribution in [0.15, 0.2) is 42.7 Å². The van der Waals surface area contributed by atoms with Crippen LogP contribution in [0.5, 0.6) is 11.5 Å². The van der Waals surface area contributed by atoms with Gasteiger partial charge in [-0.3, -0.25) is 4.79 Å². The highest BCUT2D eigenvalue weighted by molar-refractivity contribution is 5.94. The van der Waals surface area contributed by atoms with E-state index in [9.17, 15) is 9.90 Å². The topological polar surface area (TPSA) is 65.0 Å². The minimum absolute atomic E-state index is 0.00147. The maximum Gasteiger partial charge on any atom is 0.162 e. The first kappa shape index (κ1) is 17.5. The summed E-state index contributed by atoms with van der Waals surface area (Å²) in [6.07, 6.45) is 4.27. The lowest BCUT2D eigenvalue weighted by Crippen LogP contribution is -2.43. The van der Waals surface area contributed by atoms with Crippen molar-refractivity contribution in [3.63, 3.8) is 0 Å². The molecule has 5 heteroatoms.